The summed E-state index contributed by atoms with van der Waals surface area (Å²) in [5, 5.41) is 6.45. The summed E-state index contributed by atoms with van der Waals surface area (Å²) in [4.78, 5) is 14.7. The number of carbonyl (C=O) groups excluding carboxylic acids is 1. The molecular weight excluding hydrogens is 314 g/mol. The molecule has 0 bridgehead atoms. The smallest absolute Gasteiger partial charge is 0.251 e. The molecule has 0 saturated carbocycles. The van der Waals surface area contributed by atoms with Crippen LogP contribution in [0.3, 0.4) is 0 Å². The molecule has 0 aliphatic carbocycles. The zero-order valence-corrected chi connectivity index (χ0v) is 15.9. The van der Waals surface area contributed by atoms with Crippen molar-refractivity contribution in [2.75, 3.05) is 45.9 Å². The summed E-state index contributed by atoms with van der Waals surface area (Å²) < 4.78 is 5.77. The second-order valence-electron chi connectivity index (χ2n) is 7.14. The lowest BCUT2D eigenvalue weighted by Crippen LogP contribution is -2.42. The number of benzene rings is 1. The van der Waals surface area contributed by atoms with Crippen molar-refractivity contribution in [1.29, 1.82) is 0 Å². The van der Waals surface area contributed by atoms with Crippen molar-refractivity contribution in [3.63, 3.8) is 0 Å². The van der Waals surface area contributed by atoms with Crippen LogP contribution >= 0.6 is 0 Å². The Morgan fingerprint density at radius 3 is 2.44 bits per heavy atom. The quantitative estimate of drug-likeness (QED) is 0.721. The third kappa shape index (κ3) is 6.33. The molecular formula is C20H33N3O2. The molecule has 0 atom stereocenters. The molecule has 0 unspecified atom stereocenters. The zero-order valence-electron chi connectivity index (χ0n) is 15.9. The van der Waals surface area contributed by atoms with E-state index in [0.29, 0.717) is 12.2 Å². The van der Waals surface area contributed by atoms with Crippen LogP contribution in [0.4, 0.5) is 0 Å². The molecule has 1 aromatic rings. The Bertz CT molecular complexity index is 520. The number of ether oxygens (including phenoxy) is 1. The largest absolute Gasteiger partial charge is 0.492 e. The van der Waals surface area contributed by atoms with E-state index in [0.717, 1.165) is 57.9 Å². The number of likely N-dealkylation sites (N-methyl/N-ethyl adjacent to an activating group) is 1. The Morgan fingerprint density at radius 1 is 1.20 bits per heavy atom. The Hall–Kier alpha value is -1.59. The maximum atomic E-state index is 12.3. The normalized spacial score (nSPS) is 16.6. The van der Waals surface area contributed by atoms with E-state index >= 15 is 0 Å². The van der Waals surface area contributed by atoms with Gasteiger partial charge in [0.05, 0.1) is 0 Å². The van der Waals surface area contributed by atoms with Crippen molar-refractivity contribution < 1.29 is 9.53 Å². The monoisotopic (exact) mass is 347 g/mol. The lowest BCUT2D eigenvalue weighted by Gasteiger charge is -2.34. The highest BCUT2D eigenvalue weighted by molar-refractivity contribution is 5.94. The Kier molecular flexibility index (Phi) is 7.72. The van der Waals surface area contributed by atoms with E-state index in [9.17, 15) is 4.79 Å². The van der Waals surface area contributed by atoms with Crippen LogP contribution in [0.5, 0.6) is 5.75 Å². The molecule has 140 valence electrons. The minimum atomic E-state index is -0.00514. The fraction of sp³-hybridized carbons (Fsp3) is 0.650. The average Bonchev–Trinajstić information content (AvgIpc) is 2.64. The van der Waals surface area contributed by atoms with Crippen LogP contribution in [0.1, 0.15) is 44.0 Å². The van der Waals surface area contributed by atoms with Gasteiger partial charge in [0.15, 0.2) is 0 Å². The molecule has 2 N–H and O–H groups in total. The van der Waals surface area contributed by atoms with Gasteiger partial charge < -0.3 is 20.3 Å². The zero-order chi connectivity index (χ0) is 18.1. The average molecular weight is 348 g/mol. The van der Waals surface area contributed by atoms with Gasteiger partial charge in [-0.2, -0.15) is 0 Å². The molecule has 0 radical (unpaired) electrons. The number of amides is 1. The van der Waals surface area contributed by atoms with E-state index in [4.69, 9.17) is 4.74 Å². The fourth-order valence-electron chi connectivity index (χ4n) is 3.14. The van der Waals surface area contributed by atoms with Gasteiger partial charge in [-0.1, -0.05) is 20.8 Å². The number of piperidine rings is 1. The summed E-state index contributed by atoms with van der Waals surface area (Å²) in [5.41, 5.74) is 0.891. The minimum absolute atomic E-state index is 0.00514. The molecule has 1 heterocycles. The van der Waals surface area contributed by atoms with Crippen molar-refractivity contribution in [1.82, 2.24) is 15.5 Å². The van der Waals surface area contributed by atoms with E-state index in [-0.39, 0.29) is 11.3 Å². The number of nitrogens with zero attached hydrogens (tertiary/aromatic N) is 1. The highest BCUT2D eigenvalue weighted by Gasteiger charge is 2.27. The molecule has 1 aromatic carbocycles. The molecule has 0 spiro atoms. The van der Waals surface area contributed by atoms with Crippen LogP contribution in [0.15, 0.2) is 24.3 Å². The van der Waals surface area contributed by atoms with Gasteiger partial charge >= 0.3 is 0 Å². The summed E-state index contributed by atoms with van der Waals surface area (Å²) in [7, 11) is 0. The Morgan fingerprint density at radius 2 is 1.84 bits per heavy atom. The number of nitrogens with one attached hydrogen (secondary N) is 2. The van der Waals surface area contributed by atoms with Gasteiger partial charge in [0, 0.05) is 18.7 Å². The Balaban J connectivity index is 1.77. The van der Waals surface area contributed by atoms with Crippen LogP contribution in [-0.4, -0.2) is 56.7 Å². The van der Waals surface area contributed by atoms with Crippen LogP contribution < -0.4 is 15.4 Å². The summed E-state index contributed by atoms with van der Waals surface area (Å²) in [5.74, 6) is 0.809. The number of hydrogen-bond donors (Lipinski definition) is 2. The first-order valence-corrected chi connectivity index (χ1v) is 9.50. The highest BCUT2D eigenvalue weighted by atomic mass is 16.5. The molecule has 25 heavy (non-hydrogen) atoms. The molecule has 1 fully saturated rings. The number of rotatable bonds is 9. The molecule has 1 saturated heterocycles. The topological polar surface area (TPSA) is 53.6 Å². The lowest BCUT2D eigenvalue weighted by molar-refractivity contribution is 0.0922. The van der Waals surface area contributed by atoms with Crippen molar-refractivity contribution in [2.45, 2.75) is 33.6 Å². The van der Waals surface area contributed by atoms with Crippen LogP contribution in [0.2, 0.25) is 0 Å². The molecule has 5 nitrogen and oxygen atoms in total. The molecule has 2 rings (SSSR count). The lowest BCUT2D eigenvalue weighted by atomic mass is 9.81. The molecule has 1 amide bonds. The van der Waals surface area contributed by atoms with E-state index in [1.54, 1.807) is 0 Å². The number of hydrogen-bond acceptors (Lipinski definition) is 4. The minimum Gasteiger partial charge on any atom is -0.492 e. The summed E-state index contributed by atoms with van der Waals surface area (Å²) in [6, 6.07) is 7.44. The second-order valence-corrected chi connectivity index (χ2v) is 7.14. The van der Waals surface area contributed by atoms with Crippen molar-refractivity contribution >= 4 is 5.91 Å². The predicted molar refractivity (Wildman–Crippen MR) is 102 cm³/mol. The van der Waals surface area contributed by atoms with Gasteiger partial charge in [0.1, 0.15) is 12.4 Å². The maximum Gasteiger partial charge on any atom is 0.251 e. The number of carbonyl (C=O) groups is 1. The summed E-state index contributed by atoms with van der Waals surface area (Å²) >= 11 is 0. The first kappa shape index (κ1) is 19.7. The first-order valence-electron chi connectivity index (χ1n) is 9.50. The highest BCUT2D eigenvalue weighted by Crippen LogP contribution is 2.26. The second kappa shape index (κ2) is 9.78. The van der Waals surface area contributed by atoms with E-state index in [2.05, 4.69) is 36.3 Å². The van der Waals surface area contributed by atoms with Crippen LogP contribution in [0.25, 0.3) is 0 Å². The van der Waals surface area contributed by atoms with Gasteiger partial charge in [0.2, 0.25) is 0 Å². The summed E-state index contributed by atoms with van der Waals surface area (Å²) in [6.45, 7) is 13.0. The first-order chi connectivity index (χ1) is 12.1. The van der Waals surface area contributed by atoms with Gasteiger partial charge in [-0.25, -0.2) is 0 Å². The van der Waals surface area contributed by atoms with Crippen molar-refractivity contribution in [3.8, 4) is 5.75 Å². The predicted octanol–water partition coefficient (Wildman–Crippen LogP) is 2.53. The Labute approximate surface area is 152 Å². The molecule has 0 aromatic heterocycles. The van der Waals surface area contributed by atoms with E-state index in [1.165, 1.54) is 0 Å². The van der Waals surface area contributed by atoms with Crippen molar-refractivity contribution in [2.24, 2.45) is 5.41 Å². The van der Waals surface area contributed by atoms with Gasteiger partial charge in [-0.15, -0.1) is 0 Å². The molecule has 1 aliphatic rings. The molecule has 5 heteroatoms. The summed E-state index contributed by atoms with van der Waals surface area (Å²) in [6.07, 6.45) is 2.21. The van der Waals surface area contributed by atoms with Gasteiger partial charge in [-0.05, 0) is 68.7 Å². The van der Waals surface area contributed by atoms with Gasteiger partial charge in [0.25, 0.3) is 5.91 Å². The maximum absolute atomic E-state index is 12.3. The van der Waals surface area contributed by atoms with Crippen LogP contribution in [-0.2, 0) is 0 Å². The third-order valence-electron chi connectivity index (χ3n) is 5.17. The standard InChI is InChI=1S/C20H33N3O2/c1-4-23(5-2)14-15-25-18-8-6-17(7-9-18)19(24)22-16-20(3)10-12-21-13-11-20/h6-9,21H,4-5,10-16H2,1-3H3,(H,22,24). The van der Waals surface area contributed by atoms with Crippen LogP contribution in [0, 0.1) is 5.41 Å². The van der Waals surface area contributed by atoms with Gasteiger partial charge in [-0.3, -0.25) is 4.79 Å². The fourth-order valence-corrected chi connectivity index (χ4v) is 3.14. The SMILES string of the molecule is CCN(CC)CCOc1ccc(C(=O)NCC2(C)CCNCC2)cc1. The van der Waals surface area contributed by atoms with E-state index < -0.39 is 0 Å². The third-order valence-corrected chi connectivity index (χ3v) is 5.17. The van der Waals surface area contributed by atoms with Crippen molar-refractivity contribution in [3.05, 3.63) is 29.8 Å². The van der Waals surface area contributed by atoms with E-state index in [1.807, 2.05) is 24.3 Å². The molecule has 1 aliphatic heterocycles.